The topological polar surface area (TPSA) is 117 Å². The molecule has 1 atom stereocenters. The van der Waals surface area contributed by atoms with Gasteiger partial charge in [-0.15, -0.1) is 0 Å². The van der Waals surface area contributed by atoms with E-state index in [1.807, 2.05) is 30.3 Å². The van der Waals surface area contributed by atoms with Crippen molar-refractivity contribution >= 4 is 29.1 Å². The third-order valence-corrected chi connectivity index (χ3v) is 6.94. The zero-order chi connectivity index (χ0) is 26.8. The van der Waals surface area contributed by atoms with Crippen molar-refractivity contribution in [3.05, 3.63) is 132 Å². The summed E-state index contributed by atoms with van der Waals surface area (Å²) >= 11 is 1.16. The van der Waals surface area contributed by atoms with E-state index in [0.29, 0.717) is 32.1 Å². The first-order valence-electron chi connectivity index (χ1n) is 11.6. The molecule has 5 rings (SSSR count). The standard InChI is InChI=1S/C28H21N3O6S/c1-3-15-36-27(33)24-17(2)29-28-30(25(24)18-9-5-4-6-10-18)26(32)23(38-28)16-19-13-14-22(37-19)20-11-7-8-12-21(20)31(34)35/h3-14,16,25H,1,15H2,2H3/b23-16-. The molecule has 38 heavy (non-hydrogen) atoms. The molecule has 0 aliphatic carbocycles. The summed E-state index contributed by atoms with van der Waals surface area (Å²) in [5, 5.41) is 11.4. The highest BCUT2D eigenvalue weighted by Gasteiger charge is 2.33. The van der Waals surface area contributed by atoms with E-state index in [0.717, 1.165) is 16.9 Å². The van der Waals surface area contributed by atoms with Crippen molar-refractivity contribution in [2.75, 3.05) is 6.61 Å². The normalized spacial score (nSPS) is 15.1. The highest BCUT2D eigenvalue weighted by atomic mass is 32.1. The van der Waals surface area contributed by atoms with Crippen LogP contribution in [0.4, 0.5) is 5.69 Å². The Balaban J connectivity index is 1.62. The Morgan fingerprint density at radius 2 is 1.92 bits per heavy atom. The Bertz CT molecular complexity index is 1780. The van der Waals surface area contributed by atoms with Gasteiger partial charge in [-0.2, -0.15) is 0 Å². The average molecular weight is 528 g/mol. The summed E-state index contributed by atoms with van der Waals surface area (Å²) in [5.41, 5.74) is 1.36. The van der Waals surface area contributed by atoms with Gasteiger partial charge in [0, 0.05) is 12.1 Å². The maximum absolute atomic E-state index is 13.7. The number of nitrogens with zero attached hydrogens (tertiary/aromatic N) is 3. The number of aromatic nitrogens is 1. The van der Waals surface area contributed by atoms with Crippen molar-refractivity contribution in [1.82, 2.24) is 4.57 Å². The largest absolute Gasteiger partial charge is 0.458 e. The quantitative estimate of drug-likeness (QED) is 0.154. The van der Waals surface area contributed by atoms with E-state index in [1.54, 1.807) is 43.3 Å². The van der Waals surface area contributed by atoms with Crippen LogP contribution in [-0.4, -0.2) is 22.1 Å². The van der Waals surface area contributed by atoms with Crippen molar-refractivity contribution in [2.24, 2.45) is 4.99 Å². The molecule has 0 radical (unpaired) electrons. The van der Waals surface area contributed by atoms with Gasteiger partial charge >= 0.3 is 5.97 Å². The molecular weight excluding hydrogens is 506 g/mol. The zero-order valence-corrected chi connectivity index (χ0v) is 21.0. The predicted octanol–water partition coefficient (Wildman–Crippen LogP) is 4.13. The maximum atomic E-state index is 13.7. The van der Waals surface area contributed by atoms with Crippen LogP contribution in [0.5, 0.6) is 0 Å². The first-order chi connectivity index (χ1) is 18.4. The lowest BCUT2D eigenvalue weighted by atomic mass is 9.96. The van der Waals surface area contributed by atoms with Crippen LogP contribution in [0, 0.1) is 10.1 Å². The number of nitro benzene ring substituents is 1. The fraction of sp³-hybridized carbons (Fsp3) is 0.107. The third-order valence-electron chi connectivity index (χ3n) is 5.96. The molecule has 1 aliphatic heterocycles. The van der Waals surface area contributed by atoms with E-state index >= 15 is 0 Å². The van der Waals surface area contributed by atoms with Crippen molar-refractivity contribution in [2.45, 2.75) is 13.0 Å². The number of hydrogen-bond donors (Lipinski definition) is 0. The molecule has 3 heterocycles. The molecule has 0 saturated heterocycles. The minimum atomic E-state index is -0.731. The molecule has 0 amide bonds. The molecule has 9 nitrogen and oxygen atoms in total. The Morgan fingerprint density at radius 3 is 2.66 bits per heavy atom. The molecule has 1 aliphatic rings. The predicted molar refractivity (Wildman–Crippen MR) is 142 cm³/mol. The highest BCUT2D eigenvalue weighted by Crippen LogP contribution is 2.32. The van der Waals surface area contributed by atoms with Gasteiger partial charge in [-0.25, -0.2) is 9.79 Å². The molecular formula is C28H21N3O6S. The van der Waals surface area contributed by atoms with Crippen LogP contribution < -0.4 is 14.9 Å². The molecule has 0 bridgehead atoms. The van der Waals surface area contributed by atoms with Gasteiger partial charge in [-0.3, -0.25) is 19.5 Å². The average Bonchev–Trinajstić information content (AvgIpc) is 3.51. The molecule has 190 valence electrons. The first kappa shape index (κ1) is 24.8. The number of benzene rings is 2. The number of fused-ring (bicyclic) bond motifs is 1. The molecule has 2 aromatic carbocycles. The Labute approximate surface area is 220 Å². The van der Waals surface area contributed by atoms with Crippen LogP contribution in [0.2, 0.25) is 0 Å². The molecule has 0 spiro atoms. The SMILES string of the molecule is C=CCOC(=O)C1=C(C)N=c2s/c(=C\c3ccc(-c4ccccc4[N+](=O)[O-])o3)c(=O)n2C1c1ccccc1. The van der Waals surface area contributed by atoms with Gasteiger partial charge in [0.05, 0.1) is 32.3 Å². The van der Waals surface area contributed by atoms with Crippen molar-refractivity contribution in [3.63, 3.8) is 0 Å². The summed E-state index contributed by atoms with van der Waals surface area (Å²) < 4.78 is 13.0. The number of nitro groups is 1. The second-order valence-corrected chi connectivity index (χ2v) is 9.36. The van der Waals surface area contributed by atoms with Gasteiger partial charge in [0.15, 0.2) is 4.80 Å². The second-order valence-electron chi connectivity index (χ2n) is 8.36. The second kappa shape index (κ2) is 10.3. The Kier molecular flexibility index (Phi) is 6.71. The third kappa shape index (κ3) is 4.53. The van der Waals surface area contributed by atoms with E-state index in [-0.39, 0.29) is 23.4 Å². The molecule has 0 saturated carbocycles. The zero-order valence-electron chi connectivity index (χ0n) is 20.2. The summed E-state index contributed by atoms with van der Waals surface area (Å²) in [7, 11) is 0. The van der Waals surface area contributed by atoms with Gasteiger partial charge < -0.3 is 9.15 Å². The fourth-order valence-electron chi connectivity index (χ4n) is 4.29. The number of carbonyl (C=O) groups excluding carboxylic acids is 1. The van der Waals surface area contributed by atoms with Gasteiger partial charge in [0.25, 0.3) is 11.2 Å². The Morgan fingerprint density at radius 1 is 1.18 bits per heavy atom. The molecule has 10 heteroatoms. The molecule has 2 aromatic heterocycles. The van der Waals surface area contributed by atoms with Crippen molar-refractivity contribution in [1.29, 1.82) is 0 Å². The summed E-state index contributed by atoms with van der Waals surface area (Å²) in [4.78, 5) is 42.6. The summed E-state index contributed by atoms with van der Waals surface area (Å²) in [6.45, 7) is 5.33. The van der Waals surface area contributed by atoms with E-state index in [2.05, 4.69) is 11.6 Å². The number of rotatable bonds is 7. The number of para-hydroxylation sites is 1. The number of ether oxygens (including phenoxy) is 1. The minimum Gasteiger partial charge on any atom is -0.458 e. The van der Waals surface area contributed by atoms with Crippen LogP contribution in [0.3, 0.4) is 0 Å². The summed E-state index contributed by atoms with van der Waals surface area (Å²) in [5.74, 6) is 0.0806. The smallest absolute Gasteiger partial charge is 0.338 e. The minimum absolute atomic E-state index is 0.0297. The number of esters is 1. The molecule has 0 fully saturated rings. The van der Waals surface area contributed by atoms with Crippen LogP contribution >= 0.6 is 11.3 Å². The van der Waals surface area contributed by atoms with Crippen LogP contribution in [-0.2, 0) is 9.53 Å². The van der Waals surface area contributed by atoms with Crippen LogP contribution in [0.1, 0.15) is 24.3 Å². The molecule has 1 unspecified atom stereocenters. The van der Waals surface area contributed by atoms with Gasteiger partial charge in [-0.05, 0) is 30.7 Å². The Hall–Kier alpha value is -4.83. The maximum Gasteiger partial charge on any atom is 0.338 e. The van der Waals surface area contributed by atoms with Gasteiger partial charge in [-0.1, -0.05) is 66.5 Å². The fourth-order valence-corrected chi connectivity index (χ4v) is 5.32. The van der Waals surface area contributed by atoms with Crippen molar-refractivity contribution in [3.8, 4) is 11.3 Å². The van der Waals surface area contributed by atoms with Gasteiger partial charge in [0.1, 0.15) is 18.1 Å². The van der Waals surface area contributed by atoms with Crippen molar-refractivity contribution < 1.29 is 18.9 Å². The van der Waals surface area contributed by atoms with Crippen LogP contribution in [0.25, 0.3) is 17.4 Å². The lowest BCUT2D eigenvalue weighted by Crippen LogP contribution is -2.39. The van der Waals surface area contributed by atoms with E-state index in [9.17, 15) is 19.7 Å². The number of carbonyl (C=O) groups is 1. The van der Waals surface area contributed by atoms with Gasteiger partial charge in [0.2, 0.25) is 0 Å². The van der Waals surface area contributed by atoms with E-state index in [1.165, 1.54) is 16.7 Å². The highest BCUT2D eigenvalue weighted by molar-refractivity contribution is 7.07. The van der Waals surface area contributed by atoms with Crippen LogP contribution in [0.15, 0.2) is 105 Å². The monoisotopic (exact) mass is 527 g/mol. The van der Waals surface area contributed by atoms with E-state index < -0.39 is 16.9 Å². The lowest BCUT2D eigenvalue weighted by Gasteiger charge is -2.24. The number of allylic oxidation sites excluding steroid dienone is 1. The lowest BCUT2D eigenvalue weighted by molar-refractivity contribution is -0.384. The molecule has 4 aromatic rings. The number of hydrogen-bond acceptors (Lipinski definition) is 8. The first-order valence-corrected chi connectivity index (χ1v) is 12.4. The number of furan rings is 1. The summed E-state index contributed by atoms with van der Waals surface area (Å²) in [6, 6.07) is 18.0. The van der Waals surface area contributed by atoms with E-state index in [4.69, 9.17) is 9.15 Å². The number of thiazole rings is 1. The molecule has 0 N–H and O–H groups in total. The summed E-state index contributed by atoms with van der Waals surface area (Å²) in [6.07, 6.45) is 3.04.